The summed E-state index contributed by atoms with van der Waals surface area (Å²) in [5.41, 5.74) is 1.10. The van der Waals surface area contributed by atoms with E-state index in [-0.39, 0.29) is 24.0 Å². The molecule has 2 unspecified atom stereocenters. The third kappa shape index (κ3) is 6.78. The summed E-state index contributed by atoms with van der Waals surface area (Å²) < 4.78 is 0. The minimum Gasteiger partial charge on any atom is -0.354 e. The molecule has 4 nitrogen and oxygen atoms in total. The van der Waals surface area contributed by atoms with Gasteiger partial charge in [-0.2, -0.15) is 11.8 Å². The zero-order valence-electron chi connectivity index (χ0n) is 14.5. The highest BCUT2D eigenvalue weighted by Gasteiger charge is 2.21. The summed E-state index contributed by atoms with van der Waals surface area (Å²) in [4.78, 5) is 9.01. The van der Waals surface area contributed by atoms with E-state index in [0.717, 1.165) is 23.4 Å². The molecular formula is C16H29IN4S2. The summed E-state index contributed by atoms with van der Waals surface area (Å²) in [6, 6.07) is 0.541. The van der Waals surface area contributed by atoms with Gasteiger partial charge < -0.3 is 10.6 Å². The maximum atomic E-state index is 4.66. The minimum atomic E-state index is 0. The fourth-order valence-electron chi connectivity index (χ4n) is 2.72. The second-order valence-electron chi connectivity index (χ2n) is 6.12. The monoisotopic (exact) mass is 468 g/mol. The Hall–Kier alpha value is -0.0200. The van der Waals surface area contributed by atoms with E-state index in [1.165, 1.54) is 30.7 Å². The summed E-state index contributed by atoms with van der Waals surface area (Å²) in [6.45, 7) is 5.10. The first-order valence-corrected chi connectivity index (χ1v) is 10.2. The normalized spacial score (nSPS) is 21.9. The number of nitrogens with one attached hydrogen (secondary N) is 2. The molecule has 1 saturated carbocycles. The van der Waals surface area contributed by atoms with Crippen LogP contribution in [0.4, 0.5) is 0 Å². The predicted molar refractivity (Wildman–Crippen MR) is 115 cm³/mol. The van der Waals surface area contributed by atoms with E-state index in [1.807, 2.05) is 18.8 Å². The lowest BCUT2D eigenvalue weighted by molar-refractivity contribution is 0.419. The average Bonchev–Trinajstić information content (AvgIpc) is 3.01. The number of halogens is 1. The first kappa shape index (κ1) is 21.0. The van der Waals surface area contributed by atoms with Crippen LogP contribution in [0.5, 0.6) is 0 Å². The Morgan fingerprint density at radius 1 is 1.48 bits per heavy atom. The molecule has 0 spiro atoms. The van der Waals surface area contributed by atoms with Crippen molar-refractivity contribution in [1.29, 1.82) is 0 Å². The highest BCUT2D eigenvalue weighted by atomic mass is 127. The van der Waals surface area contributed by atoms with Gasteiger partial charge in [0.15, 0.2) is 5.96 Å². The Labute approximate surface area is 165 Å². The number of thiazole rings is 1. The number of hydrogen-bond acceptors (Lipinski definition) is 4. The lowest BCUT2D eigenvalue weighted by atomic mass is 9.95. The Balaban J connectivity index is 0.00000264. The second kappa shape index (κ2) is 10.8. The van der Waals surface area contributed by atoms with E-state index in [0.29, 0.717) is 12.0 Å². The van der Waals surface area contributed by atoms with Crippen LogP contribution >= 0.6 is 47.1 Å². The standard InChI is InChI=1S/C16H28N4S2.HI/c1-11(2)15-19-13(10-22-15)9-18-16(17-3)20-12-6-5-7-14(8-12)21-4;/h10-12,14H,5-9H2,1-4H3,(H2,17,18,20);1H. The fraction of sp³-hybridized carbons (Fsp3) is 0.750. The topological polar surface area (TPSA) is 49.3 Å². The Morgan fingerprint density at radius 3 is 2.87 bits per heavy atom. The summed E-state index contributed by atoms with van der Waals surface area (Å²) in [5, 5.41) is 11.1. The third-order valence-electron chi connectivity index (χ3n) is 4.02. The second-order valence-corrected chi connectivity index (χ2v) is 8.15. The Morgan fingerprint density at radius 2 is 2.26 bits per heavy atom. The summed E-state index contributed by atoms with van der Waals surface area (Å²) in [5.74, 6) is 1.40. The van der Waals surface area contributed by atoms with Crippen LogP contribution in [0, 0.1) is 0 Å². The van der Waals surface area contributed by atoms with Crippen LogP contribution in [-0.2, 0) is 6.54 Å². The van der Waals surface area contributed by atoms with Gasteiger partial charge in [-0.1, -0.05) is 20.3 Å². The molecule has 0 bridgehead atoms. The Bertz CT molecular complexity index is 490. The van der Waals surface area contributed by atoms with Gasteiger partial charge in [0.2, 0.25) is 0 Å². The number of aliphatic imine (C=N–C) groups is 1. The molecule has 0 aromatic carbocycles. The van der Waals surface area contributed by atoms with Crippen molar-refractivity contribution in [3.8, 4) is 0 Å². The quantitative estimate of drug-likeness (QED) is 0.386. The Kier molecular flexibility index (Phi) is 9.84. The highest BCUT2D eigenvalue weighted by Crippen LogP contribution is 2.26. The fourth-order valence-corrected chi connectivity index (χ4v) is 4.38. The zero-order valence-corrected chi connectivity index (χ0v) is 18.4. The molecule has 0 aliphatic heterocycles. The molecule has 1 aliphatic carbocycles. The van der Waals surface area contributed by atoms with E-state index in [1.54, 1.807) is 11.3 Å². The number of thioether (sulfide) groups is 1. The first-order valence-electron chi connectivity index (χ1n) is 8.06. The number of hydrogen-bond donors (Lipinski definition) is 2. The third-order valence-corrected chi connectivity index (χ3v) is 6.31. The highest BCUT2D eigenvalue weighted by molar-refractivity contribution is 14.0. The van der Waals surface area contributed by atoms with Crippen LogP contribution in [0.2, 0.25) is 0 Å². The van der Waals surface area contributed by atoms with Crippen molar-refractivity contribution < 1.29 is 0 Å². The van der Waals surface area contributed by atoms with E-state index in [4.69, 9.17) is 0 Å². The molecule has 7 heteroatoms. The lowest BCUT2D eigenvalue weighted by Gasteiger charge is -2.29. The lowest BCUT2D eigenvalue weighted by Crippen LogP contribution is -2.45. The summed E-state index contributed by atoms with van der Waals surface area (Å²) in [6.07, 6.45) is 7.35. The van der Waals surface area contributed by atoms with Crippen molar-refractivity contribution in [1.82, 2.24) is 15.6 Å². The predicted octanol–water partition coefficient (Wildman–Crippen LogP) is 4.22. The van der Waals surface area contributed by atoms with Crippen LogP contribution in [0.1, 0.15) is 56.2 Å². The molecule has 1 aromatic rings. The molecule has 1 fully saturated rings. The molecule has 0 saturated heterocycles. The number of rotatable bonds is 5. The maximum absolute atomic E-state index is 4.66. The molecule has 2 N–H and O–H groups in total. The van der Waals surface area contributed by atoms with Crippen molar-refractivity contribution >= 4 is 53.0 Å². The van der Waals surface area contributed by atoms with Crippen LogP contribution in [0.3, 0.4) is 0 Å². The molecule has 1 aliphatic rings. The smallest absolute Gasteiger partial charge is 0.191 e. The average molecular weight is 468 g/mol. The molecule has 1 aromatic heterocycles. The SMILES string of the molecule is CN=C(NCc1csc(C(C)C)n1)NC1CCCC(SC)C1.I. The molecule has 2 atom stereocenters. The minimum absolute atomic E-state index is 0. The molecule has 23 heavy (non-hydrogen) atoms. The first-order chi connectivity index (χ1) is 10.6. The van der Waals surface area contributed by atoms with Crippen molar-refractivity contribution in [3.63, 3.8) is 0 Å². The van der Waals surface area contributed by atoms with Gasteiger partial charge in [-0.25, -0.2) is 4.98 Å². The summed E-state index contributed by atoms with van der Waals surface area (Å²) >= 11 is 3.73. The zero-order chi connectivity index (χ0) is 15.9. The van der Waals surface area contributed by atoms with E-state index in [2.05, 4.69) is 46.1 Å². The van der Waals surface area contributed by atoms with Gasteiger partial charge in [-0.3, -0.25) is 4.99 Å². The number of nitrogens with zero attached hydrogens (tertiary/aromatic N) is 2. The largest absolute Gasteiger partial charge is 0.354 e. The van der Waals surface area contributed by atoms with Gasteiger partial charge in [0.1, 0.15) is 0 Å². The van der Waals surface area contributed by atoms with Crippen molar-refractivity contribution in [2.75, 3.05) is 13.3 Å². The van der Waals surface area contributed by atoms with Crippen LogP contribution < -0.4 is 10.6 Å². The van der Waals surface area contributed by atoms with Gasteiger partial charge in [-0.15, -0.1) is 35.3 Å². The maximum Gasteiger partial charge on any atom is 0.191 e. The van der Waals surface area contributed by atoms with Crippen LogP contribution in [0.25, 0.3) is 0 Å². The van der Waals surface area contributed by atoms with Crippen molar-refractivity contribution in [2.24, 2.45) is 4.99 Å². The summed E-state index contributed by atoms with van der Waals surface area (Å²) in [7, 11) is 1.84. The van der Waals surface area contributed by atoms with Gasteiger partial charge in [0, 0.05) is 29.6 Å². The molecule has 0 radical (unpaired) electrons. The van der Waals surface area contributed by atoms with E-state index >= 15 is 0 Å². The van der Waals surface area contributed by atoms with E-state index in [9.17, 15) is 0 Å². The van der Waals surface area contributed by atoms with Crippen molar-refractivity contribution in [3.05, 3.63) is 16.1 Å². The van der Waals surface area contributed by atoms with Gasteiger partial charge in [0.25, 0.3) is 0 Å². The molecule has 2 rings (SSSR count). The molecular weight excluding hydrogens is 439 g/mol. The van der Waals surface area contributed by atoms with Gasteiger partial charge >= 0.3 is 0 Å². The molecule has 1 heterocycles. The number of guanidine groups is 1. The molecule has 132 valence electrons. The number of aromatic nitrogens is 1. The van der Waals surface area contributed by atoms with E-state index < -0.39 is 0 Å². The van der Waals surface area contributed by atoms with Gasteiger partial charge in [0.05, 0.1) is 17.2 Å². The molecule has 0 amide bonds. The van der Waals surface area contributed by atoms with Crippen molar-refractivity contribution in [2.45, 2.75) is 63.3 Å². The van der Waals surface area contributed by atoms with Crippen LogP contribution in [0.15, 0.2) is 10.4 Å². The van der Waals surface area contributed by atoms with Gasteiger partial charge in [-0.05, 0) is 25.5 Å². The van der Waals surface area contributed by atoms with Crippen LogP contribution in [-0.4, -0.2) is 35.5 Å².